The summed E-state index contributed by atoms with van der Waals surface area (Å²) in [4.78, 5) is 0. The van der Waals surface area contributed by atoms with E-state index in [0.717, 1.165) is 25.5 Å². The molecule has 1 rings (SSSR count). The average molecular weight is 143 g/mol. The number of rotatable bonds is 2. The highest BCUT2D eigenvalue weighted by molar-refractivity contribution is 4.68. The van der Waals surface area contributed by atoms with Crippen molar-refractivity contribution < 1.29 is 4.74 Å². The fourth-order valence-corrected chi connectivity index (χ4v) is 1.46. The fraction of sp³-hybridized carbons (Fsp3) is 1.00. The molecule has 0 amide bonds. The molecule has 0 bridgehead atoms. The molecule has 1 saturated heterocycles. The molecule has 10 heavy (non-hydrogen) atoms. The van der Waals surface area contributed by atoms with E-state index in [9.17, 15) is 0 Å². The first-order valence-corrected chi connectivity index (χ1v) is 4.14. The van der Waals surface area contributed by atoms with Crippen molar-refractivity contribution in [3.05, 3.63) is 0 Å². The van der Waals surface area contributed by atoms with E-state index in [2.05, 4.69) is 6.92 Å². The van der Waals surface area contributed by atoms with Gasteiger partial charge in [0.1, 0.15) is 0 Å². The van der Waals surface area contributed by atoms with Gasteiger partial charge in [-0.1, -0.05) is 6.92 Å². The Kier molecular flexibility index (Phi) is 3.16. The van der Waals surface area contributed by atoms with Gasteiger partial charge in [-0.3, -0.25) is 0 Å². The Morgan fingerprint density at radius 2 is 2.40 bits per heavy atom. The molecule has 0 spiro atoms. The van der Waals surface area contributed by atoms with Gasteiger partial charge in [0.2, 0.25) is 0 Å². The third-order valence-electron chi connectivity index (χ3n) is 2.12. The van der Waals surface area contributed by atoms with E-state index in [4.69, 9.17) is 10.5 Å². The van der Waals surface area contributed by atoms with Crippen molar-refractivity contribution in [3.63, 3.8) is 0 Å². The predicted octanol–water partition coefficient (Wildman–Crippen LogP) is 1.15. The summed E-state index contributed by atoms with van der Waals surface area (Å²) in [5, 5.41) is 0. The van der Waals surface area contributed by atoms with Gasteiger partial charge in [0.05, 0.1) is 6.10 Å². The van der Waals surface area contributed by atoms with Gasteiger partial charge in [0.15, 0.2) is 0 Å². The second-order valence-corrected chi connectivity index (χ2v) is 3.20. The maximum Gasteiger partial charge on any atom is 0.0589 e. The molecule has 0 aromatic carbocycles. The van der Waals surface area contributed by atoms with Gasteiger partial charge >= 0.3 is 0 Å². The molecule has 1 aliphatic heterocycles. The topological polar surface area (TPSA) is 35.2 Å². The SMILES string of the molecule is C[C@H]1CCO[C@H](CCN)C1. The van der Waals surface area contributed by atoms with Gasteiger partial charge in [0, 0.05) is 6.61 Å². The maximum absolute atomic E-state index is 5.51. The molecule has 1 fully saturated rings. The Hall–Kier alpha value is -0.0800. The third-order valence-corrected chi connectivity index (χ3v) is 2.12. The highest BCUT2D eigenvalue weighted by Gasteiger charge is 2.17. The Morgan fingerprint density at radius 3 is 3.00 bits per heavy atom. The zero-order valence-electron chi connectivity index (χ0n) is 6.68. The van der Waals surface area contributed by atoms with Gasteiger partial charge in [-0.2, -0.15) is 0 Å². The normalized spacial score (nSPS) is 34.2. The largest absolute Gasteiger partial charge is 0.378 e. The van der Waals surface area contributed by atoms with Crippen LogP contribution in [0.25, 0.3) is 0 Å². The summed E-state index contributed by atoms with van der Waals surface area (Å²) in [5.74, 6) is 0.838. The summed E-state index contributed by atoms with van der Waals surface area (Å²) in [7, 11) is 0. The van der Waals surface area contributed by atoms with Crippen LogP contribution in [0, 0.1) is 5.92 Å². The first-order chi connectivity index (χ1) is 4.83. The van der Waals surface area contributed by atoms with Crippen LogP contribution >= 0.6 is 0 Å². The molecule has 60 valence electrons. The van der Waals surface area contributed by atoms with Crippen molar-refractivity contribution >= 4 is 0 Å². The number of nitrogens with two attached hydrogens (primary N) is 1. The van der Waals surface area contributed by atoms with Crippen LogP contribution in [0.5, 0.6) is 0 Å². The second-order valence-electron chi connectivity index (χ2n) is 3.20. The molecule has 0 radical (unpaired) electrons. The summed E-state index contributed by atoms with van der Waals surface area (Å²) in [5.41, 5.74) is 5.42. The molecule has 0 aromatic rings. The maximum atomic E-state index is 5.51. The predicted molar refractivity (Wildman–Crippen MR) is 41.8 cm³/mol. The fourth-order valence-electron chi connectivity index (χ4n) is 1.46. The molecule has 1 heterocycles. The van der Waals surface area contributed by atoms with Gasteiger partial charge in [-0.05, 0) is 31.7 Å². The van der Waals surface area contributed by atoms with E-state index in [0.29, 0.717) is 6.10 Å². The molecule has 0 aliphatic carbocycles. The van der Waals surface area contributed by atoms with E-state index in [1.54, 1.807) is 0 Å². The molecular formula is C8H17NO. The van der Waals surface area contributed by atoms with E-state index in [1.165, 1.54) is 12.8 Å². The minimum atomic E-state index is 0.453. The van der Waals surface area contributed by atoms with Crippen LogP contribution in [0.1, 0.15) is 26.2 Å². The Bertz CT molecular complexity index is 93.3. The molecule has 0 aromatic heterocycles. The first-order valence-electron chi connectivity index (χ1n) is 4.14. The van der Waals surface area contributed by atoms with E-state index in [-0.39, 0.29) is 0 Å². The minimum Gasteiger partial charge on any atom is -0.378 e. The van der Waals surface area contributed by atoms with Crippen molar-refractivity contribution in [2.75, 3.05) is 13.2 Å². The van der Waals surface area contributed by atoms with Crippen LogP contribution < -0.4 is 5.73 Å². The highest BCUT2D eigenvalue weighted by Crippen LogP contribution is 2.20. The van der Waals surface area contributed by atoms with Crippen LogP contribution in [-0.4, -0.2) is 19.3 Å². The molecule has 0 unspecified atom stereocenters. The third kappa shape index (κ3) is 2.27. The van der Waals surface area contributed by atoms with Crippen LogP contribution in [-0.2, 0) is 4.74 Å². The van der Waals surface area contributed by atoms with Crippen LogP contribution in [0.15, 0.2) is 0 Å². The molecule has 2 atom stereocenters. The lowest BCUT2D eigenvalue weighted by Gasteiger charge is -2.26. The van der Waals surface area contributed by atoms with Gasteiger partial charge in [-0.15, -0.1) is 0 Å². The molecular weight excluding hydrogens is 126 g/mol. The van der Waals surface area contributed by atoms with Crippen molar-refractivity contribution in [2.45, 2.75) is 32.3 Å². The zero-order chi connectivity index (χ0) is 7.40. The summed E-state index contributed by atoms with van der Waals surface area (Å²) < 4.78 is 5.51. The molecule has 0 saturated carbocycles. The van der Waals surface area contributed by atoms with Gasteiger partial charge < -0.3 is 10.5 Å². The Balaban J connectivity index is 2.18. The lowest BCUT2D eigenvalue weighted by Crippen LogP contribution is -2.26. The first kappa shape index (κ1) is 8.02. The average Bonchev–Trinajstić information content (AvgIpc) is 1.88. The summed E-state index contributed by atoms with van der Waals surface area (Å²) in [6.45, 7) is 3.98. The van der Waals surface area contributed by atoms with E-state index < -0.39 is 0 Å². The molecule has 2 N–H and O–H groups in total. The van der Waals surface area contributed by atoms with E-state index in [1.807, 2.05) is 0 Å². The zero-order valence-corrected chi connectivity index (χ0v) is 6.68. The van der Waals surface area contributed by atoms with Crippen molar-refractivity contribution in [2.24, 2.45) is 11.7 Å². The monoisotopic (exact) mass is 143 g/mol. The minimum absolute atomic E-state index is 0.453. The number of hydrogen-bond donors (Lipinski definition) is 1. The molecule has 2 nitrogen and oxygen atoms in total. The Morgan fingerprint density at radius 1 is 1.60 bits per heavy atom. The summed E-state index contributed by atoms with van der Waals surface area (Å²) in [6, 6.07) is 0. The summed E-state index contributed by atoms with van der Waals surface area (Å²) >= 11 is 0. The highest BCUT2D eigenvalue weighted by atomic mass is 16.5. The molecule has 2 heteroatoms. The quantitative estimate of drug-likeness (QED) is 0.629. The molecule has 1 aliphatic rings. The summed E-state index contributed by atoms with van der Waals surface area (Å²) in [6.07, 6.45) is 3.91. The lowest BCUT2D eigenvalue weighted by atomic mass is 9.96. The second kappa shape index (κ2) is 3.94. The van der Waals surface area contributed by atoms with Crippen molar-refractivity contribution in [1.82, 2.24) is 0 Å². The van der Waals surface area contributed by atoms with Crippen molar-refractivity contribution in [3.8, 4) is 0 Å². The lowest BCUT2D eigenvalue weighted by molar-refractivity contribution is -0.00773. The standard InChI is InChI=1S/C8H17NO/c1-7-3-5-10-8(6-7)2-4-9/h7-8H,2-6,9H2,1H3/t7-,8+/m0/s1. The van der Waals surface area contributed by atoms with Gasteiger partial charge in [0.25, 0.3) is 0 Å². The van der Waals surface area contributed by atoms with Crippen LogP contribution in [0.3, 0.4) is 0 Å². The van der Waals surface area contributed by atoms with E-state index >= 15 is 0 Å². The van der Waals surface area contributed by atoms with Crippen molar-refractivity contribution in [1.29, 1.82) is 0 Å². The Labute approximate surface area is 62.7 Å². The smallest absolute Gasteiger partial charge is 0.0589 e. The van der Waals surface area contributed by atoms with Gasteiger partial charge in [-0.25, -0.2) is 0 Å². The van der Waals surface area contributed by atoms with Crippen LogP contribution in [0.4, 0.5) is 0 Å². The number of hydrogen-bond acceptors (Lipinski definition) is 2. The van der Waals surface area contributed by atoms with Crippen LogP contribution in [0.2, 0.25) is 0 Å². The number of ether oxygens (including phenoxy) is 1.